The van der Waals surface area contributed by atoms with Crippen molar-refractivity contribution in [1.82, 2.24) is 5.32 Å². The van der Waals surface area contributed by atoms with E-state index >= 15 is 0 Å². The van der Waals surface area contributed by atoms with Crippen molar-refractivity contribution in [3.05, 3.63) is 34.9 Å². The predicted octanol–water partition coefficient (Wildman–Crippen LogP) is 3.11. The fourth-order valence-electron chi connectivity index (χ4n) is 1.87. The highest BCUT2D eigenvalue weighted by atomic mass is 35.5. The van der Waals surface area contributed by atoms with Crippen molar-refractivity contribution in [2.45, 2.75) is 32.7 Å². The number of nitrogens with one attached hydrogen (secondary N) is 1. The zero-order valence-corrected chi connectivity index (χ0v) is 12.7. The smallest absolute Gasteiger partial charge is 0.307 e. The second kappa shape index (κ2) is 7.90. The number of amides is 1. The first-order valence-corrected chi connectivity index (χ1v) is 6.92. The molecule has 0 aliphatic rings. The van der Waals surface area contributed by atoms with Gasteiger partial charge in [0.1, 0.15) is 0 Å². The highest BCUT2D eigenvalue weighted by molar-refractivity contribution is 6.31. The molecule has 0 heterocycles. The zero-order valence-electron chi connectivity index (χ0n) is 12.0. The lowest BCUT2D eigenvalue weighted by molar-refractivity contribution is -0.141. The predicted molar refractivity (Wildman–Crippen MR) is 78.4 cm³/mol. The maximum absolute atomic E-state index is 11.9. The number of carbonyl (C=O) groups excluding carboxylic acids is 2. The molecule has 1 atom stereocenters. The summed E-state index contributed by atoms with van der Waals surface area (Å²) in [5.74, 6) is -0.242. The Morgan fingerprint density at radius 3 is 2.45 bits per heavy atom. The monoisotopic (exact) mass is 297 g/mol. The van der Waals surface area contributed by atoms with E-state index in [1.165, 1.54) is 7.11 Å². The van der Waals surface area contributed by atoms with Crippen LogP contribution in [0.3, 0.4) is 0 Å². The number of hydrogen-bond acceptors (Lipinski definition) is 3. The number of esters is 1. The normalized spacial score (nSPS) is 12.1. The van der Waals surface area contributed by atoms with Crippen LogP contribution in [0.5, 0.6) is 0 Å². The first-order chi connectivity index (χ1) is 9.43. The molecule has 1 aromatic carbocycles. The molecule has 0 radical (unpaired) electrons. The summed E-state index contributed by atoms with van der Waals surface area (Å²) in [7, 11) is 1.32. The van der Waals surface area contributed by atoms with Gasteiger partial charge in [0.15, 0.2) is 0 Å². The molecule has 0 spiro atoms. The van der Waals surface area contributed by atoms with E-state index in [1.807, 2.05) is 19.9 Å². The summed E-state index contributed by atoms with van der Waals surface area (Å²) in [5, 5.41) is 3.37. The van der Waals surface area contributed by atoms with Gasteiger partial charge in [0, 0.05) is 11.4 Å². The van der Waals surface area contributed by atoms with Crippen LogP contribution in [0, 0.1) is 5.92 Å². The topological polar surface area (TPSA) is 55.4 Å². The van der Waals surface area contributed by atoms with Crippen LogP contribution in [0.25, 0.3) is 0 Å². The zero-order chi connectivity index (χ0) is 15.1. The Morgan fingerprint density at radius 1 is 1.25 bits per heavy atom. The van der Waals surface area contributed by atoms with Gasteiger partial charge in [-0.15, -0.1) is 0 Å². The van der Waals surface area contributed by atoms with E-state index in [0.717, 1.165) is 5.56 Å². The molecule has 0 aliphatic carbocycles. The molecule has 0 fully saturated rings. The van der Waals surface area contributed by atoms with Crippen molar-refractivity contribution >= 4 is 23.5 Å². The molecule has 1 N–H and O–H groups in total. The Morgan fingerprint density at radius 2 is 1.90 bits per heavy atom. The van der Waals surface area contributed by atoms with Gasteiger partial charge in [0.2, 0.25) is 5.91 Å². The van der Waals surface area contributed by atoms with Gasteiger partial charge in [-0.1, -0.05) is 43.6 Å². The van der Waals surface area contributed by atoms with Gasteiger partial charge >= 0.3 is 5.97 Å². The minimum absolute atomic E-state index is 0.0596. The SMILES string of the molecule is COC(=O)C[C@H](NC(=O)CC(C)C)c1ccccc1Cl. The van der Waals surface area contributed by atoms with Crippen molar-refractivity contribution in [2.24, 2.45) is 5.92 Å². The van der Waals surface area contributed by atoms with E-state index in [0.29, 0.717) is 11.4 Å². The van der Waals surface area contributed by atoms with Crippen molar-refractivity contribution in [3.63, 3.8) is 0 Å². The highest BCUT2D eigenvalue weighted by Crippen LogP contribution is 2.25. The summed E-state index contributed by atoms with van der Waals surface area (Å²) < 4.78 is 4.67. The van der Waals surface area contributed by atoms with E-state index in [4.69, 9.17) is 11.6 Å². The van der Waals surface area contributed by atoms with E-state index in [9.17, 15) is 9.59 Å². The van der Waals surface area contributed by atoms with E-state index in [-0.39, 0.29) is 24.2 Å². The fourth-order valence-corrected chi connectivity index (χ4v) is 2.14. The lowest BCUT2D eigenvalue weighted by Gasteiger charge is -2.20. The van der Waals surface area contributed by atoms with Crippen LogP contribution in [-0.2, 0) is 14.3 Å². The minimum atomic E-state index is -0.470. The molecule has 1 amide bonds. The van der Waals surface area contributed by atoms with E-state index in [1.54, 1.807) is 18.2 Å². The molecule has 0 aliphatic heterocycles. The molecule has 4 nitrogen and oxygen atoms in total. The van der Waals surface area contributed by atoms with E-state index in [2.05, 4.69) is 10.1 Å². The summed E-state index contributed by atoms with van der Waals surface area (Å²) in [6.45, 7) is 3.93. The molecule has 110 valence electrons. The Bertz CT molecular complexity index is 474. The lowest BCUT2D eigenvalue weighted by Crippen LogP contribution is -2.31. The maximum Gasteiger partial charge on any atom is 0.307 e. The lowest BCUT2D eigenvalue weighted by atomic mass is 10.0. The van der Waals surface area contributed by atoms with Crippen molar-refractivity contribution in [1.29, 1.82) is 0 Å². The third-order valence-electron chi connectivity index (χ3n) is 2.81. The van der Waals surface area contributed by atoms with Gasteiger partial charge in [0.25, 0.3) is 0 Å². The number of ether oxygens (including phenoxy) is 1. The Kier molecular flexibility index (Phi) is 6.52. The van der Waals surface area contributed by atoms with Gasteiger partial charge in [-0.2, -0.15) is 0 Å². The van der Waals surface area contributed by atoms with Gasteiger partial charge in [-0.05, 0) is 17.5 Å². The highest BCUT2D eigenvalue weighted by Gasteiger charge is 2.21. The van der Waals surface area contributed by atoms with Crippen LogP contribution in [0.2, 0.25) is 5.02 Å². The molecule has 1 rings (SSSR count). The van der Waals surface area contributed by atoms with Crippen molar-refractivity contribution < 1.29 is 14.3 Å². The second-order valence-corrected chi connectivity index (χ2v) is 5.43. The summed E-state index contributed by atoms with van der Waals surface area (Å²) in [6.07, 6.45) is 0.464. The number of halogens is 1. The summed E-state index contributed by atoms with van der Waals surface area (Å²) in [6, 6.07) is 6.68. The molecule has 5 heteroatoms. The number of carbonyl (C=O) groups is 2. The molecule has 0 unspecified atom stereocenters. The minimum Gasteiger partial charge on any atom is -0.469 e. The molecular formula is C15H20ClNO3. The average Bonchev–Trinajstić information content (AvgIpc) is 2.37. The molecule has 0 saturated heterocycles. The Hall–Kier alpha value is -1.55. The first-order valence-electron chi connectivity index (χ1n) is 6.54. The van der Waals surface area contributed by atoms with Crippen LogP contribution in [0.15, 0.2) is 24.3 Å². The second-order valence-electron chi connectivity index (χ2n) is 5.02. The summed E-state index contributed by atoms with van der Waals surface area (Å²) >= 11 is 6.13. The third-order valence-corrected chi connectivity index (χ3v) is 3.15. The maximum atomic E-state index is 11.9. The van der Waals surface area contributed by atoms with Crippen molar-refractivity contribution in [3.8, 4) is 0 Å². The van der Waals surface area contributed by atoms with Gasteiger partial charge in [-0.25, -0.2) is 0 Å². The quantitative estimate of drug-likeness (QED) is 0.821. The fraction of sp³-hybridized carbons (Fsp3) is 0.467. The van der Waals surface area contributed by atoms with Crippen LogP contribution in [-0.4, -0.2) is 19.0 Å². The van der Waals surface area contributed by atoms with Crippen LogP contribution >= 0.6 is 11.6 Å². The van der Waals surface area contributed by atoms with Gasteiger partial charge in [-0.3, -0.25) is 9.59 Å². The standard InChI is InChI=1S/C15H20ClNO3/c1-10(2)8-14(18)17-13(9-15(19)20-3)11-6-4-5-7-12(11)16/h4-7,10,13H,8-9H2,1-3H3,(H,17,18)/t13-/m0/s1. The van der Waals surface area contributed by atoms with Gasteiger partial charge < -0.3 is 10.1 Å². The number of methoxy groups -OCH3 is 1. The average molecular weight is 298 g/mol. The number of benzene rings is 1. The van der Waals surface area contributed by atoms with Gasteiger partial charge in [0.05, 0.1) is 19.6 Å². The molecule has 0 bridgehead atoms. The first kappa shape index (κ1) is 16.5. The summed E-state index contributed by atoms with van der Waals surface area (Å²) in [4.78, 5) is 23.4. The molecule has 0 saturated carbocycles. The number of rotatable bonds is 6. The number of hydrogen-bond donors (Lipinski definition) is 1. The van der Waals surface area contributed by atoms with Crippen molar-refractivity contribution in [2.75, 3.05) is 7.11 Å². The Balaban J connectivity index is 2.88. The van der Waals surface area contributed by atoms with Crippen LogP contribution in [0.4, 0.5) is 0 Å². The molecular weight excluding hydrogens is 278 g/mol. The Labute approximate surface area is 124 Å². The van der Waals surface area contributed by atoms with E-state index < -0.39 is 6.04 Å². The molecule has 20 heavy (non-hydrogen) atoms. The van der Waals surface area contributed by atoms with Crippen LogP contribution < -0.4 is 5.32 Å². The largest absolute Gasteiger partial charge is 0.469 e. The molecule has 1 aromatic rings. The molecule has 0 aromatic heterocycles. The summed E-state index contributed by atoms with van der Waals surface area (Å²) in [5.41, 5.74) is 0.719. The third kappa shape index (κ3) is 5.21. The van der Waals surface area contributed by atoms with Crippen LogP contribution in [0.1, 0.15) is 38.3 Å².